The van der Waals surface area contributed by atoms with Gasteiger partial charge in [0.1, 0.15) is 0 Å². The number of hydrogen-bond donors (Lipinski definition) is 1. The third kappa shape index (κ3) is 6.70. The van der Waals surface area contributed by atoms with Crippen molar-refractivity contribution in [1.29, 1.82) is 0 Å². The molecule has 7 nitrogen and oxygen atoms in total. The van der Waals surface area contributed by atoms with Crippen molar-refractivity contribution in [3.63, 3.8) is 0 Å². The Bertz CT molecular complexity index is 1090. The van der Waals surface area contributed by atoms with Gasteiger partial charge >= 0.3 is 0 Å². The molecule has 1 aliphatic rings. The Morgan fingerprint density at radius 3 is 2.11 bits per heavy atom. The van der Waals surface area contributed by atoms with Gasteiger partial charge in [0.2, 0.25) is 21.8 Å². The van der Waals surface area contributed by atoms with Crippen LogP contribution in [0.2, 0.25) is 0 Å². The predicted octanol–water partition coefficient (Wildman–Crippen LogP) is 4.83. The molecule has 1 aliphatic heterocycles. The summed E-state index contributed by atoms with van der Waals surface area (Å²) in [5, 5.41) is 2.84. The molecule has 1 unspecified atom stereocenters. The van der Waals surface area contributed by atoms with Crippen molar-refractivity contribution in [3.05, 3.63) is 54.1 Å². The molecule has 0 aromatic heterocycles. The number of unbranched alkanes of at least 4 members (excludes halogenated alkanes) is 2. The van der Waals surface area contributed by atoms with Gasteiger partial charge in [-0.1, -0.05) is 45.7 Å². The number of benzene rings is 2. The molecule has 3 rings (SSSR count). The number of hydrogen-bond acceptors (Lipinski definition) is 4. The van der Waals surface area contributed by atoms with E-state index < -0.39 is 15.9 Å². The number of carbonyl (C=O) groups is 2. The zero-order chi connectivity index (χ0) is 25.4. The van der Waals surface area contributed by atoms with E-state index >= 15 is 0 Å². The summed E-state index contributed by atoms with van der Waals surface area (Å²) in [5.74, 6) is -0.778. The van der Waals surface area contributed by atoms with Gasteiger partial charge in [0, 0.05) is 37.4 Å². The van der Waals surface area contributed by atoms with Crippen LogP contribution in [0.3, 0.4) is 0 Å². The van der Waals surface area contributed by atoms with Crippen LogP contribution in [-0.2, 0) is 26.0 Å². The zero-order valence-corrected chi connectivity index (χ0v) is 21.8. The maximum absolute atomic E-state index is 13.1. The van der Waals surface area contributed by atoms with Gasteiger partial charge in [0.15, 0.2) is 0 Å². The molecular weight excluding hydrogens is 462 g/mol. The third-order valence-corrected chi connectivity index (χ3v) is 8.35. The maximum atomic E-state index is 13.1. The highest BCUT2D eigenvalue weighted by Crippen LogP contribution is 2.27. The van der Waals surface area contributed by atoms with E-state index in [4.69, 9.17) is 0 Å². The first-order valence-electron chi connectivity index (χ1n) is 12.6. The summed E-state index contributed by atoms with van der Waals surface area (Å²) < 4.78 is 27.8. The minimum absolute atomic E-state index is 0.0740. The van der Waals surface area contributed by atoms with Crippen LogP contribution in [0.5, 0.6) is 0 Å². The Morgan fingerprint density at radius 2 is 1.57 bits per heavy atom. The number of amides is 2. The fourth-order valence-corrected chi connectivity index (χ4v) is 5.69. The fourth-order valence-electron chi connectivity index (χ4n) is 4.17. The lowest BCUT2D eigenvalue weighted by atomic mass is 10.1. The van der Waals surface area contributed by atoms with E-state index in [1.54, 1.807) is 21.3 Å². The van der Waals surface area contributed by atoms with Gasteiger partial charge in [-0.05, 0) is 61.2 Å². The van der Waals surface area contributed by atoms with Crippen LogP contribution in [0.15, 0.2) is 53.4 Å². The summed E-state index contributed by atoms with van der Waals surface area (Å²) in [7, 11) is -3.59. The number of carbonyl (C=O) groups excluding carboxylic acids is 2. The molecule has 35 heavy (non-hydrogen) atoms. The minimum Gasteiger partial charge on any atom is -0.326 e. The summed E-state index contributed by atoms with van der Waals surface area (Å²) in [6, 6.07) is 14.1. The first-order valence-corrected chi connectivity index (χ1v) is 14.0. The SMILES string of the molecule is CCCCN(CCCC)S(=O)(=O)c1ccc(NC(=O)C2CC(=O)N(c3ccc(CC)cc3)C2)cc1. The summed E-state index contributed by atoms with van der Waals surface area (Å²) in [5.41, 5.74) is 2.51. The van der Waals surface area contributed by atoms with Crippen LogP contribution < -0.4 is 10.2 Å². The summed E-state index contributed by atoms with van der Waals surface area (Å²) in [6.45, 7) is 7.50. The van der Waals surface area contributed by atoms with Crippen LogP contribution in [0.4, 0.5) is 11.4 Å². The van der Waals surface area contributed by atoms with Crippen molar-refractivity contribution in [2.75, 3.05) is 29.9 Å². The molecule has 0 saturated carbocycles. The Labute approximate surface area is 209 Å². The third-order valence-electron chi connectivity index (χ3n) is 6.43. The Balaban J connectivity index is 1.64. The van der Waals surface area contributed by atoms with E-state index in [1.807, 2.05) is 38.1 Å². The van der Waals surface area contributed by atoms with E-state index in [0.29, 0.717) is 25.3 Å². The van der Waals surface area contributed by atoms with Crippen molar-refractivity contribution in [2.24, 2.45) is 5.92 Å². The van der Waals surface area contributed by atoms with Crippen molar-refractivity contribution in [2.45, 2.75) is 64.2 Å². The highest BCUT2D eigenvalue weighted by Gasteiger charge is 2.35. The van der Waals surface area contributed by atoms with Crippen LogP contribution in [0.25, 0.3) is 0 Å². The van der Waals surface area contributed by atoms with E-state index in [-0.39, 0.29) is 23.1 Å². The summed E-state index contributed by atoms with van der Waals surface area (Å²) in [4.78, 5) is 27.3. The second-order valence-electron chi connectivity index (χ2n) is 9.05. The topological polar surface area (TPSA) is 86.8 Å². The molecule has 1 fully saturated rings. The molecule has 0 bridgehead atoms. The highest BCUT2D eigenvalue weighted by molar-refractivity contribution is 7.89. The minimum atomic E-state index is -3.59. The number of nitrogens with one attached hydrogen (secondary N) is 1. The number of sulfonamides is 1. The average molecular weight is 500 g/mol. The van der Waals surface area contributed by atoms with Gasteiger partial charge in [-0.15, -0.1) is 0 Å². The van der Waals surface area contributed by atoms with Crippen LogP contribution in [-0.4, -0.2) is 44.2 Å². The van der Waals surface area contributed by atoms with Gasteiger partial charge in [-0.2, -0.15) is 4.31 Å². The molecule has 1 atom stereocenters. The molecule has 0 aliphatic carbocycles. The second kappa shape index (κ2) is 12.3. The van der Waals surface area contributed by atoms with Crippen molar-refractivity contribution >= 4 is 33.2 Å². The molecule has 2 aromatic rings. The standard InChI is InChI=1S/C27H37N3O4S/c1-4-7-17-29(18-8-5-2)35(33,34)25-15-11-23(12-16-25)28-27(32)22-19-26(31)30(20-22)24-13-9-21(6-3)10-14-24/h9-16,22H,4-8,17-20H2,1-3H3,(H,28,32). The normalized spacial score (nSPS) is 16.2. The lowest BCUT2D eigenvalue weighted by Gasteiger charge is -2.22. The molecule has 2 amide bonds. The number of aryl methyl sites for hydroxylation is 1. The zero-order valence-electron chi connectivity index (χ0n) is 21.0. The molecule has 1 N–H and O–H groups in total. The van der Waals surface area contributed by atoms with Gasteiger partial charge in [0.05, 0.1) is 10.8 Å². The Hall–Kier alpha value is -2.71. The van der Waals surface area contributed by atoms with Gasteiger partial charge in [-0.25, -0.2) is 8.42 Å². The van der Waals surface area contributed by atoms with Gasteiger partial charge in [0.25, 0.3) is 0 Å². The maximum Gasteiger partial charge on any atom is 0.243 e. The summed E-state index contributed by atoms with van der Waals surface area (Å²) in [6.07, 6.45) is 4.56. The van der Waals surface area contributed by atoms with E-state index in [0.717, 1.165) is 37.8 Å². The largest absolute Gasteiger partial charge is 0.326 e. The lowest BCUT2D eigenvalue weighted by molar-refractivity contribution is -0.122. The average Bonchev–Trinajstić information content (AvgIpc) is 3.26. The fraction of sp³-hybridized carbons (Fsp3) is 0.481. The number of nitrogens with zero attached hydrogens (tertiary/aromatic N) is 2. The van der Waals surface area contributed by atoms with E-state index in [9.17, 15) is 18.0 Å². The molecule has 1 saturated heterocycles. The second-order valence-corrected chi connectivity index (χ2v) is 11.0. The quantitative estimate of drug-likeness (QED) is 0.453. The Morgan fingerprint density at radius 1 is 0.971 bits per heavy atom. The van der Waals surface area contributed by atoms with Gasteiger partial charge in [-0.3, -0.25) is 9.59 Å². The van der Waals surface area contributed by atoms with Gasteiger partial charge < -0.3 is 10.2 Å². The monoisotopic (exact) mass is 499 g/mol. The molecule has 190 valence electrons. The van der Waals surface area contributed by atoms with Crippen LogP contribution in [0.1, 0.15) is 58.4 Å². The first-order chi connectivity index (χ1) is 16.8. The van der Waals surface area contributed by atoms with E-state index in [2.05, 4.69) is 12.2 Å². The van der Waals surface area contributed by atoms with Crippen molar-refractivity contribution < 1.29 is 18.0 Å². The number of anilines is 2. The summed E-state index contributed by atoms with van der Waals surface area (Å²) >= 11 is 0. The van der Waals surface area contributed by atoms with Crippen LogP contribution in [0, 0.1) is 5.92 Å². The molecule has 8 heteroatoms. The molecular formula is C27H37N3O4S. The molecule has 2 aromatic carbocycles. The number of rotatable bonds is 12. The smallest absolute Gasteiger partial charge is 0.243 e. The molecule has 0 radical (unpaired) electrons. The van der Waals surface area contributed by atoms with E-state index in [1.165, 1.54) is 17.7 Å². The molecule has 1 heterocycles. The molecule has 0 spiro atoms. The predicted molar refractivity (Wildman–Crippen MR) is 140 cm³/mol. The lowest BCUT2D eigenvalue weighted by Crippen LogP contribution is -2.33. The van der Waals surface area contributed by atoms with Crippen LogP contribution >= 0.6 is 0 Å². The Kier molecular flexibility index (Phi) is 9.46. The van der Waals surface area contributed by atoms with Crippen molar-refractivity contribution in [1.82, 2.24) is 4.31 Å². The first kappa shape index (κ1) is 26.9. The van der Waals surface area contributed by atoms with Crippen molar-refractivity contribution in [3.8, 4) is 0 Å². The highest BCUT2D eigenvalue weighted by atomic mass is 32.2.